The van der Waals surface area contributed by atoms with E-state index in [1.165, 1.54) is 12.8 Å². The molecular formula is C20H22N4O2. The molecule has 4 rings (SSSR count). The van der Waals surface area contributed by atoms with E-state index in [2.05, 4.69) is 15.5 Å². The van der Waals surface area contributed by atoms with E-state index < -0.39 is 0 Å². The highest BCUT2D eigenvalue weighted by atomic mass is 16.4. The van der Waals surface area contributed by atoms with Gasteiger partial charge in [-0.2, -0.15) is 0 Å². The van der Waals surface area contributed by atoms with Crippen LogP contribution in [0, 0.1) is 0 Å². The minimum absolute atomic E-state index is 0.0599. The van der Waals surface area contributed by atoms with Gasteiger partial charge in [0.15, 0.2) is 0 Å². The Hall–Kier alpha value is -2.89. The Morgan fingerprint density at radius 3 is 2.77 bits per heavy atom. The standard InChI is InChI=1S/C20H22N4O2/c25-18(10-11-19-22-23-20(26-19)15-6-1-2-7-15)21-16-8-5-9-17(14-16)24-12-3-4-13-24/h3-5,8-9,12-15H,1-2,6-7,10-11H2,(H,21,25). The van der Waals surface area contributed by atoms with Crippen molar-refractivity contribution < 1.29 is 9.21 Å². The van der Waals surface area contributed by atoms with Gasteiger partial charge in [-0.25, -0.2) is 0 Å². The molecular weight excluding hydrogens is 328 g/mol. The van der Waals surface area contributed by atoms with Crippen LogP contribution in [0.5, 0.6) is 0 Å². The maximum atomic E-state index is 12.2. The Morgan fingerprint density at radius 2 is 1.96 bits per heavy atom. The van der Waals surface area contributed by atoms with E-state index in [0.29, 0.717) is 24.7 Å². The maximum Gasteiger partial charge on any atom is 0.224 e. The number of rotatable bonds is 6. The van der Waals surface area contributed by atoms with E-state index >= 15 is 0 Å². The molecule has 1 aromatic carbocycles. The zero-order valence-corrected chi connectivity index (χ0v) is 14.6. The molecule has 3 aromatic rings. The summed E-state index contributed by atoms with van der Waals surface area (Å²) in [5.41, 5.74) is 1.78. The van der Waals surface area contributed by atoms with E-state index in [1.54, 1.807) is 0 Å². The van der Waals surface area contributed by atoms with Gasteiger partial charge < -0.3 is 14.3 Å². The number of benzene rings is 1. The van der Waals surface area contributed by atoms with Gasteiger partial charge in [-0.05, 0) is 43.2 Å². The zero-order chi connectivity index (χ0) is 17.8. The summed E-state index contributed by atoms with van der Waals surface area (Å²) < 4.78 is 7.73. The summed E-state index contributed by atoms with van der Waals surface area (Å²) in [6, 6.07) is 11.7. The maximum absolute atomic E-state index is 12.2. The molecule has 134 valence electrons. The minimum Gasteiger partial charge on any atom is -0.425 e. The number of carbonyl (C=O) groups excluding carboxylic acids is 1. The van der Waals surface area contributed by atoms with Crippen molar-refractivity contribution in [1.82, 2.24) is 14.8 Å². The predicted molar refractivity (Wildman–Crippen MR) is 98.2 cm³/mol. The number of hydrogen-bond acceptors (Lipinski definition) is 4. The summed E-state index contributed by atoms with van der Waals surface area (Å²) in [7, 11) is 0. The van der Waals surface area contributed by atoms with Gasteiger partial charge in [-0.1, -0.05) is 18.9 Å². The molecule has 6 heteroatoms. The van der Waals surface area contributed by atoms with Crippen molar-refractivity contribution >= 4 is 11.6 Å². The fraction of sp³-hybridized carbons (Fsp3) is 0.350. The molecule has 6 nitrogen and oxygen atoms in total. The number of nitrogens with zero attached hydrogens (tertiary/aromatic N) is 3. The van der Waals surface area contributed by atoms with Crippen LogP contribution in [0.1, 0.15) is 49.8 Å². The van der Waals surface area contributed by atoms with Crippen LogP contribution >= 0.6 is 0 Å². The average molecular weight is 350 g/mol. The lowest BCUT2D eigenvalue weighted by molar-refractivity contribution is -0.116. The first-order valence-electron chi connectivity index (χ1n) is 9.13. The van der Waals surface area contributed by atoms with Crippen LogP contribution in [-0.2, 0) is 11.2 Å². The van der Waals surface area contributed by atoms with E-state index in [1.807, 2.05) is 53.4 Å². The highest BCUT2D eigenvalue weighted by molar-refractivity contribution is 5.91. The lowest BCUT2D eigenvalue weighted by Crippen LogP contribution is -2.12. The number of carbonyl (C=O) groups is 1. The quantitative estimate of drug-likeness (QED) is 0.727. The number of nitrogens with one attached hydrogen (secondary N) is 1. The van der Waals surface area contributed by atoms with Gasteiger partial charge in [0, 0.05) is 42.5 Å². The van der Waals surface area contributed by atoms with Crippen LogP contribution in [0.15, 0.2) is 53.2 Å². The summed E-state index contributed by atoms with van der Waals surface area (Å²) in [6.45, 7) is 0. The van der Waals surface area contributed by atoms with E-state index in [-0.39, 0.29) is 5.91 Å². The van der Waals surface area contributed by atoms with Crippen molar-refractivity contribution in [1.29, 1.82) is 0 Å². The number of aryl methyl sites for hydroxylation is 1. The molecule has 1 saturated carbocycles. The second kappa shape index (κ2) is 7.56. The van der Waals surface area contributed by atoms with Gasteiger partial charge in [0.2, 0.25) is 17.7 Å². The topological polar surface area (TPSA) is 72.9 Å². The Morgan fingerprint density at radius 1 is 1.15 bits per heavy atom. The van der Waals surface area contributed by atoms with Crippen molar-refractivity contribution in [2.75, 3.05) is 5.32 Å². The Kier molecular flexibility index (Phi) is 4.82. The molecule has 0 unspecified atom stereocenters. The summed E-state index contributed by atoms with van der Waals surface area (Å²) in [4.78, 5) is 12.2. The number of amides is 1. The molecule has 2 aromatic heterocycles. The van der Waals surface area contributed by atoms with Crippen LogP contribution < -0.4 is 5.32 Å². The molecule has 26 heavy (non-hydrogen) atoms. The fourth-order valence-corrected chi connectivity index (χ4v) is 3.40. The third kappa shape index (κ3) is 3.85. The Bertz CT molecular complexity index is 864. The van der Waals surface area contributed by atoms with Crippen LogP contribution in [0.25, 0.3) is 5.69 Å². The zero-order valence-electron chi connectivity index (χ0n) is 14.6. The monoisotopic (exact) mass is 350 g/mol. The molecule has 1 fully saturated rings. The molecule has 0 spiro atoms. The van der Waals surface area contributed by atoms with Crippen LogP contribution in [0.3, 0.4) is 0 Å². The Balaban J connectivity index is 1.32. The molecule has 0 saturated heterocycles. The van der Waals surface area contributed by atoms with Crippen molar-refractivity contribution in [3.8, 4) is 5.69 Å². The minimum atomic E-state index is -0.0599. The van der Waals surface area contributed by atoms with E-state index in [9.17, 15) is 4.79 Å². The first-order valence-corrected chi connectivity index (χ1v) is 9.13. The smallest absolute Gasteiger partial charge is 0.224 e. The molecule has 1 amide bonds. The average Bonchev–Trinajstić information content (AvgIpc) is 3.42. The third-order valence-corrected chi connectivity index (χ3v) is 4.79. The molecule has 2 heterocycles. The molecule has 0 aliphatic heterocycles. The summed E-state index contributed by atoms with van der Waals surface area (Å²) in [5, 5.41) is 11.2. The van der Waals surface area contributed by atoms with Crippen LogP contribution in [0.2, 0.25) is 0 Å². The van der Waals surface area contributed by atoms with Crippen LogP contribution in [0.4, 0.5) is 5.69 Å². The second-order valence-corrected chi connectivity index (χ2v) is 6.70. The third-order valence-electron chi connectivity index (χ3n) is 4.79. The molecule has 0 atom stereocenters. The number of anilines is 1. The summed E-state index contributed by atoms with van der Waals surface area (Å²) >= 11 is 0. The summed E-state index contributed by atoms with van der Waals surface area (Å²) in [5.74, 6) is 1.62. The van der Waals surface area contributed by atoms with Gasteiger partial charge in [-0.3, -0.25) is 4.79 Å². The molecule has 1 N–H and O–H groups in total. The van der Waals surface area contributed by atoms with Gasteiger partial charge in [0.05, 0.1) is 0 Å². The first kappa shape index (κ1) is 16.6. The number of aromatic nitrogens is 3. The van der Waals surface area contributed by atoms with E-state index in [4.69, 9.17) is 4.42 Å². The van der Waals surface area contributed by atoms with Gasteiger partial charge in [0.25, 0.3) is 0 Å². The lowest BCUT2D eigenvalue weighted by Gasteiger charge is -2.08. The highest BCUT2D eigenvalue weighted by Crippen LogP contribution is 2.33. The summed E-state index contributed by atoms with van der Waals surface area (Å²) in [6.07, 6.45) is 9.43. The van der Waals surface area contributed by atoms with Crippen molar-refractivity contribution in [2.45, 2.75) is 44.4 Å². The van der Waals surface area contributed by atoms with Crippen molar-refractivity contribution in [3.63, 3.8) is 0 Å². The normalized spacial score (nSPS) is 14.6. The second-order valence-electron chi connectivity index (χ2n) is 6.70. The SMILES string of the molecule is O=C(CCc1nnc(C2CCCC2)o1)Nc1cccc(-n2cccc2)c1. The van der Waals surface area contributed by atoms with Crippen molar-refractivity contribution in [3.05, 3.63) is 60.6 Å². The van der Waals surface area contributed by atoms with Gasteiger partial charge in [-0.15, -0.1) is 10.2 Å². The van der Waals surface area contributed by atoms with Crippen molar-refractivity contribution in [2.24, 2.45) is 0 Å². The van der Waals surface area contributed by atoms with Gasteiger partial charge in [0.1, 0.15) is 0 Å². The largest absolute Gasteiger partial charge is 0.425 e. The highest BCUT2D eigenvalue weighted by Gasteiger charge is 2.22. The fourth-order valence-electron chi connectivity index (χ4n) is 3.40. The Labute approximate surface area is 152 Å². The first-order chi connectivity index (χ1) is 12.8. The number of hydrogen-bond donors (Lipinski definition) is 1. The molecule has 0 radical (unpaired) electrons. The van der Waals surface area contributed by atoms with Gasteiger partial charge >= 0.3 is 0 Å². The van der Waals surface area contributed by atoms with Crippen LogP contribution in [-0.4, -0.2) is 20.7 Å². The predicted octanol–water partition coefficient (Wildman–Crippen LogP) is 4.09. The molecule has 1 aliphatic rings. The lowest BCUT2D eigenvalue weighted by atomic mass is 10.1. The molecule has 0 bridgehead atoms. The molecule has 1 aliphatic carbocycles. The van der Waals surface area contributed by atoms with E-state index in [0.717, 1.165) is 30.1 Å².